The number of esters is 1. The van der Waals surface area contributed by atoms with Crippen molar-refractivity contribution in [1.82, 2.24) is 15.5 Å². The lowest BCUT2D eigenvalue weighted by molar-refractivity contribution is 0.0378. The maximum atomic E-state index is 11.9. The lowest BCUT2D eigenvalue weighted by Crippen LogP contribution is -2.22. The van der Waals surface area contributed by atoms with Crippen LogP contribution in [0.1, 0.15) is 41.5 Å². The number of hydrogen-bond donors (Lipinski definition) is 3. The third-order valence-corrected chi connectivity index (χ3v) is 2.95. The molecular formula is C16H20N4O3. The molecule has 7 heteroatoms. The Balaban J connectivity index is 2.09. The van der Waals surface area contributed by atoms with Gasteiger partial charge in [0.2, 0.25) is 0 Å². The highest BCUT2D eigenvalue weighted by molar-refractivity contribution is 5.99. The second kappa shape index (κ2) is 7.44. The maximum Gasteiger partial charge on any atom is 0.338 e. The van der Waals surface area contributed by atoms with E-state index in [-0.39, 0.29) is 18.0 Å². The number of hydrogen-bond acceptors (Lipinski definition) is 5. The van der Waals surface area contributed by atoms with E-state index in [2.05, 4.69) is 20.8 Å². The first-order valence-electron chi connectivity index (χ1n) is 7.41. The van der Waals surface area contributed by atoms with Crippen molar-refractivity contribution in [1.29, 1.82) is 0 Å². The van der Waals surface area contributed by atoms with Crippen LogP contribution in [0.3, 0.4) is 0 Å². The molecule has 1 heterocycles. The van der Waals surface area contributed by atoms with E-state index in [9.17, 15) is 9.59 Å². The molecule has 0 spiro atoms. The number of aromatic nitrogens is 2. The monoisotopic (exact) mass is 316 g/mol. The summed E-state index contributed by atoms with van der Waals surface area (Å²) >= 11 is 0. The highest BCUT2D eigenvalue weighted by Gasteiger charge is 2.13. The SMILES string of the molecule is CCNC(=O)c1cn[nH]c1Nc1ccc(C(=O)OC(C)C)cc1. The van der Waals surface area contributed by atoms with Gasteiger partial charge in [0.1, 0.15) is 11.4 Å². The number of H-pyrrole nitrogens is 1. The van der Waals surface area contributed by atoms with E-state index in [1.54, 1.807) is 38.1 Å². The number of ether oxygens (including phenoxy) is 1. The van der Waals surface area contributed by atoms with Crippen molar-refractivity contribution in [3.63, 3.8) is 0 Å². The summed E-state index contributed by atoms with van der Waals surface area (Å²) in [5.74, 6) is -0.0783. The summed E-state index contributed by atoms with van der Waals surface area (Å²) in [6.07, 6.45) is 1.30. The summed E-state index contributed by atoms with van der Waals surface area (Å²) in [5.41, 5.74) is 1.62. The van der Waals surface area contributed by atoms with E-state index in [1.165, 1.54) is 6.20 Å². The summed E-state index contributed by atoms with van der Waals surface area (Å²) in [6, 6.07) is 6.79. The van der Waals surface area contributed by atoms with E-state index >= 15 is 0 Å². The molecule has 3 N–H and O–H groups in total. The second-order valence-electron chi connectivity index (χ2n) is 5.17. The van der Waals surface area contributed by atoms with Gasteiger partial charge in [0.15, 0.2) is 0 Å². The largest absolute Gasteiger partial charge is 0.459 e. The summed E-state index contributed by atoms with van der Waals surface area (Å²) < 4.78 is 5.13. The van der Waals surface area contributed by atoms with Gasteiger partial charge in [-0.15, -0.1) is 0 Å². The minimum absolute atomic E-state index is 0.162. The van der Waals surface area contributed by atoms with Crippen LogP contribution in [0.4, 0.5) is 11.5 Å². The first-order valence-corrected chi connectivity index (χ1v) is 7.41. The molecule has 2 aromatic rings. The van der Waals surface area contributed by atoms with Gasteiger partial charge in [-0.1, -0.05) is 0 Å². The zero-order valence-electron chi connectivity index (χ0n) is 13.3. The Morgan fingerprint density at radius 1 is 1.26 bits per heavy atom. The van der Waals surface area contributed by atoms with E-state index in [4.69, 9.17) is 4.74 Å². The molecule has 1 aromatic carbocycles. The summed E-state index contributed by atoms with van der Waals surface area (Å²) in [6.45, 7) is 5.99. The number of nitrogens with zero attached hydrogens (tertiary/aromatic N) is 1. The standard InChI is InChI=1S/C16H20N4O3/c1-4-17-15(21)13-9-18-20-14(13)19-12-7-5-11(6-8-12)16(22)23-10(2)3/h5-10H,4H2,1-3H3,(H,17,21)(H2,18,19,20). The first-order chi connectivity index (χ1) is 11.0. The van der Waals surface area contributed by atoms with Gasteiger partial charge >= 0.3 is 5.97 Å². The minimum atomic E-state index is -0.365. The Morgan fingerprint density at radius 2 is 1.96 bits per heavy atom. The second-order valence-corrected chi connectivity index (χ2v) is 5.17. The number of anilines is 2. The topological polar surface area (TPSA) is 96.1 Å². The van der Waals surface area contributed by atoms with Gasteiger partial charge in [-0.3, -0.25) is 9.89 Å². The molecule has 0 radical (unpaired) electrons. The van der Waals surface area contributed by atoms with Crippen LogP contribution in [0.2, 0.25) is 0 Å². The van der Waals surface area contributed by atoms with E-state index in [0.717, 1.165) is 5.69 Å². The molecule has 23 heavy (non-hydrogen) atoms. The van der Waals surface area contributed by atoms with E-state index < -0.39 is 0 Å². The Hall–Kier alpha value is -2.83. The Bertz CT molecular complexity index is 677. The van der Waals surface area contributed by atoms with Gasteiger partial charge in [-0.25, -0.2) is 4.79 Å². The summed E-state index contributed by atoms with van der Waals surface area (Å²) in [4.78, 5) is 23.7. The molecule has 0 aliphatic carbocycles. The molecule has 0 bridgehead atoms. The third kappa shape index (κ3) is 4.32. The maximum absolute atomic E-state index is 11.9. The van der Waals surface area contributed by atoms with Crippen molar-refractivity contribution in [2.45, 2.75) is 26.9 Å². The first kappa shape index (κ1) is 16.5. The number of aromatic amines is 1. The highest BCUT2D eigenvalue weighted by Crippen LogP contribution is 2.19. The number of rotatable bonds is 6. The fraction of sp³-hybridized carbons (Fsp3) is 0.312. The molecule has 0 aliphatic rings. The normalized spacial score (nSPS) is 10.4. The lowest BCUT2D eigenvalue weighted by Gasteiger charge is -2.09. The quantitative estimate of drug-likeness (QED) is 0.711. The summed E-state index contributed by atoms with van der Waals surface area (Å²) in [5, 5.41) is 12.4. The van der Waals surface area contributed by atoms with Gasteiger partial charge in [0.25, 0.3) is 5.91 Å². The molecule has 7 nitrogen and oxygen atoms in total. The number of benzene rings is 1. The van der Waals surface area contributed by atoms with Crippen LogP contribution >= 0.6 is 0 Å². The number of amides is 1. The molecule has 1 aromatic heterocycles. The molecule has 0 atom stereocenters. The van der Waals surface area contributed by atoms with Gasteiger partial charge in [0.05, 0.1) is 17.9 Å². The smallest absolute Gasteiger partial charge is 0.338 e. The van der Waals surface area contributed by atoms with Crippen LogP contribution in [0.25, 0.3) is 0 Å². The summed E-state index contributed by atoms with van der Waals surface area (Å²) in [7, 11) is 0. The van der Waals surface area contributed by atoms with Gasteiger partial charge in [0, 0.05) is 12.2 Å². The van der Waals surface area contributed by atoms with Crippen molar-refractivity contribution < 1.29 is 14.3 Å². The average molecular weight is 316 g/mol. The molecule has 2 rings (SSSR count). The van der Waals surface area contributed by atoms with Crippen molar-refractivity contribution in [2.75, 3.05) is 11.9 Å². The van der Waals surface area contributed by atoms with Crippen LogP contribution in [0.15, 0.2) is 30.5 Å². The molecule has 0 fully saturated rings. The fourth-order valence-electron chi connectivity index (χ4n) is 1.93. The Labute approximate surface area is 134 Å². The number of carbonyl (C=O) groups is 2. The predicted octanol–water partition coefficient (Wildman–Crippen LogP) is 2.47. The Morgan fingerprint density at radius 3 is 2.57 bits per heavy atom. The van der Waals surface area contributed by atoms with Gasteiger partial charge in [-0.05, 0) is 45.0 Å². The van der Waals surface area contributed by atoms with Crippen LogP contribution in [0, 0.1) is 0 Å². The number of nitrogens with one attached hydrogen (secondary N) is 3. The van der Waals surface area contributed by atoms with Crippen LogP contribution in [-0.4, -0.2) is 34.7 Å². The molecule has 1 amide bonds. The van der Waals surface area contributed by atoms with Crippen molar-refractivity contribution in [2.24, 2.45) is 0 Å². The molecule has 0 saturated heterocycles. The van der Waals surface area contributed by atoms with Crippen molar-refractivity contribution >= 4 is 23.4 Å². The van der Waals surface area contributed by atoms with Gasteiger partial charge in [-0.2, -0.15) is 5.10 Å². The predicted molar refractivity (Wildman–Crippen MR) is 86.9 cm³/mol. The zero-order valence-corrected chi connectivity index (χ0v) is 13.3. The van der Waals surface area contributed by atoms with Crippen LogP contribution < -0.4 is 10.6 Å². The van der Waals surface area contributed by atoms with Crippen molar-refractivity contribution in [3.05, 3.63) is 41.6 Å². The highest BCUT2D eigenvalue weighted by atomic mass is 16.5. The van der Waals surface area contributed by atoms with Crippen LogP contribution in [0.5, 0.6) is 0 Å². The molecular weight excluding hydrogens is 296 g/mol. The molecule has 0 unspecified atom stereocenters. The average Bonchev–Trinajstić information content (AvgIpc) is 2.95. The van der Waals surface area contributed by atoms with Crippen molar-refractivity contribution in [3.8, 4) is 0 Å². The van der Waals surface area contributed by atoms with Gasteiger partial charge < -0.3 is 15.4 Å². The van der Waals surface area contributed by atoms with E-state index in [1.807, 2.05) is 6.92 Å². The van der Waals surface area contributed by atoms with E-state index in [0.29, 0.717) is 23.5 Å². The fourth-order valence-corrected chi connectivity index (χ4v) is 1.93. The molecule has 122 valence electrons. The minimum Gasteiger partial charge on any atom is -0.459 e. The van der Waals surface area contributed by atoms with Crippen LogP contribution in [-0.2, 0) is 4.74 Å². The lowest BCUT2D eigenvalue weighted by atomic mass is 10.2. The zero-order chi connectivity index (χ0) is 16.8. The third-order valence-electron chi connectivity index (χ3n) is 2.95. The molecule has 0 saturated carbocycles. The Kier molecular flexibility index (Phi) is 5.35. The number of carbonyl (C=O) groups excluding carboxylic acids is 2. The molecule has 0 aliphatic heterocycles.